The Morgan fingerprint density at radius 1 is 1.35 bits per heavy atom. The molecule has 3 heterocycles. The summed E-state index contributed by atoms with van der Waals surface area (Å²) in [6, 6.07) is 4.80. The van der Waals surface area contributed by atoms with Crippen LogP contribution in [0.2, 0.25) is 0 Å². The molecule has 0 spiro atoms. The summed E-state index contributed by atoms with van der Waals surface area (Å²) in [5, 5.41) is 12.0. The van der Waals surface area contributed by atoms with Crippen molar-refractivity contribution in [2.45, 2.75) is 26.3 Å². The van der Waals surface area contributed by atoms with Crippen LogP contribution in [0.1, 0.15) is 19.0 Å². The third kappa shape index (κ3) is 1.80. The zero-order chi connectivity index (χ0) is 11.8. The summed E-state index contributed by atoms with van der Waals surface area (Å²) in [5.74, 6) is 2.64. The third-order valence-corrected chi connectivity index (χ3v) is 4.21. The minimum atomic E-state index is 0.631. The summed E-state index contributed by atoms with van der Waals surface area (Å²) in [6.45, 7) is 7.72. The van der Waals surface area contributed by atoms with Crippen molar-refractivity contribution in [3.8, 4) is 0 Å². The lowest BCUT2D eigenvalue weighted by Crippen LogP contribution is -2.35. The molecule has 3 unspecified atom stereocenters. The van der Waals surface area contributed by atoms with E-state index in [0.29, 0.717) is 6.04 Å². The summed E-state index contributed by atoms with van der Waals surface area (Å²) in [6.07, 6.45) is 1.19. The van der Waals surface area contributed by atoms with Crippen molar-refractivity contribution in [2.75, 3.05) is 24.5 Å². The Hall–Kier alpha value is -1.16. The molecule has 0 amide bonds. The Kier molecular flexibility index (Phi) is 2.74. The van der Waals surface area contributed by atoms with E-state index < -0.39 is 0 Å². The first-order valence-corrected chi connectivity index (χ1v) is 6.57. The highest BCUT2D eigenvalue weighted by Crippen LogP contribution is 2.36. The van der Waals surface area contributed by atoms with Crippen molar-refractivity contribution in [3.63, 3.8) is 0 Å². The summed E-state index contributed by atoms with van der Waals surface area (Å²) in [5.41, 5.74) is 0.989. The zero-order valence-corrected chi connectivity index (χ0v) is 10.6. The van der Waals surface area contributed by atoms with Gasteiger partial charge >= 0.3 is 0 Å². The van der Waals surface area contributed by atoms with Crippen molar-refractivity contribution in [1.29, 1.82) is 0 Å². The molecule has 3 rings (SSSR count). The van der Waals surface area contributed by atoms with E-state index in [1.807, 2.05) is 6.92 Å². The second-order valence-electron chi connectivity index (χ2n) is 5.24. The molecule has 0 aliphatic carbocycles. The number of fused-ring (bicyclic) bond motifs is 1. The van der Waals surface area contributed by atoms with Crippen LogP contribution >= 0.6 is 0 Å². The topological polar surface area (TPSA) is 41.0 Å². The molecule has 1 N–H and O–H groups in total. The minimum Gasteiger partial charge on any atom is -0.351 e. The van der Waals surface area contributed by atoms with Crippen LogP contribution in [0.15, 0.2) is 12.1 Å². The molecule has 92 valence electrons. The molecule has 2 saturated heterocycles. The molecule has 0 radical (unpaired) electrons. The minimum absolute atomic E-state index is 0.631. The molecular formula is C13H20N4. The van der Waals surface area contributed by atoms with Gasteiger partial charge in [-0.05, 0) is 37.3 Å². The van der Waals surface area contributed by atoms with E-state index >= 15 is 0 Å². The van der Waals surface area contributed by atoms with E-state index in [1.54, 1.807) is 0 Å². The maximum Gasteiger partial charge on any atom is 0.151 e. The van der Waals surface area contributed by atoms with Gasteiger partial charge in [-0.1, -0.05) is 6.92 Å². The maximum atomic E-state index is 4.34. The van der Waals surface area contributed by atoms with Gasteiger partial charge in [-0.15, -0.1) is 5.10 Å². The van der Waals surface area contributed by atoms with E-state index in [1.165, 1.54) is 13.0 Å². The molecule has 3 atom stereocenters. The van der Waals surface area contributed by atoms with Gasteiger partial charge in [0.05, 0.1) is 5.69 Å². The van der Waals surface area contributed by atoms with Gasteiger partial charge in [-0.2, -0.15) is 5.10 Å². The number of nitrogens with one attached hydrogen (secondary N) is 1. The second kappa shape index (κ2) is 4.26. The average Bonchev–Trinajstić information content (AvgIpc) is 2.89. The molecule has 1 aromatic heterocycles. The van der Waals surface area contributed by atoms with E-state index in [-0.39, 0.29) is 0 Å². The van der Waals surface area contributed by atoms with E-state index in [9.17, 15) is 0 Å². The first kappa shape index (κ1) is 11.0. The lowest BCUT2D eigenvalue weighted by atomic mass is 9.93. The van der Waals surface area contributed by atoms with Crippen molar-refractivity contribution in [2.24, 2.45) is 11.8 Å². The fraction of sp³-hybridized carbons (Fsp3) is 0.692. The first-order chi connectivity index (χ1) is 8.29. The summed E-state index contributed by atoms with van der Waals surface area (Å²) >= 11 is 0. The predicted octanol–water partition coefficient (Wildman–Crippen LogP) is 1.22. The number of anilines is 1. The first-order valence-electron chi connectivity index (χ1n) is 6.57. The number of aryl methyl sites for hydroxylation is 1. The standard InChI is InChI=1S/C13H20N4/c1-3-12-11-7-14-6-10(11)8-17(12)13-5-4-9(2)15-16-13/h4-5,10-12,14H,3,6-8H2,1-2H3. The lowest BCUT2D eigenvalue weighted by Gasteiger charge is -2.27. The quantitative estimate of drug-likeness (QED) is 0.832. The Labute approximate surface area is 102 Å². The Morgan fingerprint density at radius 2 is 2.24 bits per heavy atom. The predicted molar refractivity (Wildman–Crippen MR) is 68.0 cm³/mol. The fourth-order valence-corrected chi connectivity index (χ4v) is 3.35. The van der Waals surface area contributed by atoms with E-state index in [4.69, 9.17) is 0 Å². The molecule has 0 bridgehead atoms. The van der Waals surface area contributed by atoms with Gasteiger partial charge in [-0.3, -0.25) is 0 Å². The van der Waals surface area contributed by atoms with Crippen molar-refractivity contribution >= 4 is 5.82 Å². The van der Waals surface area contributed by atoms with Crippen LogP contribution < -0.4 is 10.2 Å². The maximum absolute atomic E-state index is 4.34. The Balaban J connectivity index is 1.85. The van der Waals surface area contributed by atoms with Crippen LogP contribution in [0.4, 0.5) is 5.82 Å². The smallest absolute Gasteiger partial charge is 0.151 e. The number of nitrogens with zero attached hydrogens (tertiary/aromatic N) is 3. The number of aromatic nitrogens is 2. The molecule has 4 nitrogen and oxygen atoms in total. The molecule has 1 aromatic rings. The second-order valence-corrected chi connectivity index (χ2v) is 5.24. The van der Waals surface area contributed by atoms with Crippen LogP contribution in [-0.2, 0) is 0 Å². The molecule has 2 fully saturated rings. The SMILES string of the molecule is CCC1C2CNCC2CN1c1ccc(C)nn1. The van der Waals surface area contributed by atoms with Gasteiger partial charge in [0.1, 0.15) is 0 Å². The normalized spacial score (nSPS) is 31.9. The number of hydrogen-bond acceptors (Lipinski definition) is 4. The highest BCUT2D eigenvalue weighted by Gasteiger charge is 2.43. The molecule has 0 saturated carbocycles. The lowest BCUT2D eigenvalue weighted by molar-refractivity contribution is 0.441. The van der Waals surface area contributed by atoms with Crippen molar-refractivity contribution in [1.82, 2.24) is 15.5 Å². The molecule has 2 aliphatic rings. The van der Waals surface area contributed by atoms with E-state index in [2.05, 4.69) is 39.5 Å². The van der Waals surface area contributed by atoms with Crippen LogP contribution in [0.25, 0.3) is 0 Å². The van der Waals surface area contributed by atoms with Crippen molar-refractivity contribution < 1.29 is 0 Å². The van der Waals surface area contributed by atoms with Gasteiger partial charge in [-0.25, -0.2) is 0 Å². The molecule has 2 aliphatic heterocycles. The summed E-state index contributed by atoms with van der Waals surface area (Å²) in [7, 11) is 0. The van der Waals surface area contributed by atoms with Gasteiger partial charge < -0.3 is 10.2 Å². The van der Waals surface area contributed by atoms with Gasteiger partial charge in [0, 0.05) is 25.7 Å². The van der Waals surface area contributed by atoms with Crippen LogP contribution in [0, 0.1) is 18.8 Å². The molecule has 4 heteroatoms. The summed E-state index contributed by atoms with van der Waals surface area (Å²) in [4.78, 5) is 2.46. The Morgan fingerprint density at radius 3 is 2.94 bits per heavy atom. The number of rotatable bonds is 2. The van der Waals surface area contributed by atoms with E-state index in [0.717, 1.165) is 36.4 Å². The Bertz CT molecular complexity index is 389. The highest BCUT2D eigenvalue weighted by molar-refractivity contribution is 5.41. The van der Waals surface area contributed by atoms with Gasteiger partial charge in [0.15, 0.2) is 5.82 Å². The van der Waals surface area contributed by atoms with Crippen molar-refractivity contribution in [3.05, 3.63) is 17.8 Å². The molecular weight excluding hydrogens is 212 g/mol. The third-order valence-electron chi connectivity index (χ3n) is 4.21. The largest absolute Gasteiger partial charge is 0.351 e. The van der Waals surface area contributed by atoms with Gasteiger partial charge in [0.2, 0.25) is 0 Å². The summed E-state index contributed by atoms with van der Waals surface area (Å²) < 4.78 is 0. The van der Waals surface area contributed by atoms with Crippen LogP contribution in [0.3, 0.4) is 0 Å². The average molecular weight is 232 g/mol. The monoisotopic (exact) mass is 232 g/mol. The zero-order valence-electron chi connectivity index (χ0n) is 10.6. The number of hydrogen-bond donors (Lipinski definition) is 1. The molecule has 0 aromatic carbocycles. The highest BCUT2D eigenvalue weighted by atomic mass is 15.3. The van der Waals surface area contributed by atoms with Crippen LogP contribution in [-0.4, -0.2) is 35.9 Å². The fourth-order valence-electron chi connectivity index (χ4n) is 3.35. The molecule has 17 heavy (non-hydrogen) atoms. The van der Waals surface area contributed by atoms with Gasteiger partial charge in [0.25, 0.3) is 0 Å². The van der Waals surface area contributed by atoms with Crippen LogP contribution in [0.5, 0.6) is 0 Å².